The molecular formula is C18H16Cl2F3N5O. The Morgan fingerprint density at radius 2 is 1.97 bits per heavy atom. The lowest BCUT2D eigenvalue weighted by Crippen LogP contribution is -2.18. The van der Waals surface area contributed by atoms with Gasteiger partial charge < -0.3 is 15.7 Å². The minimum atomic E-state index is -4.56. The van der Waals surface area contributed by atoms with E-state index in [1.54, 1.807) is 19.1 Å². The quantitative estimate of drug-likeness (QED) is 0.368. The summed E-state index contributed by atoms with van der Waals surface area (Å²) in [4.78, 5) is 12.2. The molecule has 0 spiro atoms. The Hall–Kier alpha value is -2.36. The number of hydrogen-bond donors (Lipinski definition) is 3. The van der Waals surface area contributed by atoms with Crippen molar-refractivity contribution in [2.75, 3.05) is 23.8 Å². The van der Waals surface area contributed by atoms with Gasteiger partial charge in [-0.1, -0.05) is 23.7 Å². The van der Waals surface area contributed by atoms with Gasteiger partial charge in [-0.3, -0.25) is 0 Å². The molecule has 3 rings (SSSR count). The third-order valence-electron chi connectivity index (χ3n) is 4.16. The second kappa shape index (κ2) is 8.56. The fourth-order valence-electron chi connectivity index (χ4n) is 2.92. The minimum absolute atomic E-state index is 0.0314. The van der Waals surface area contributed by atoms with Crippen molar-refractivity contribution in [3.8, 4) is 0 Å². The fourth-order valence-corrected chi connectivity index (χ4v) is 3.25. The number of nitrogens with one attached hydrogen (secondary N) is 2. The van der Waals surface area contributed by atoms with Crippen LogP contribution < -0.4 is 10.6 Å². The van der Waals surface area contributed by atoms with Crippen LogP contribution in [0.2, 0.25) is 10.4 Å². The van der Waals surface area contributed by atoms with Gasteiger partial charge in [0.2, 0.25) is 5.28 Å². The predicted molar refractivity (Wildman–Crippen MR) is 106 cm³/mol. The molecule has 0 aliphatic rings. The third-order valence-corrected chi connectivity index (χ3v) is 4.53. The number of anilines is 2. The van der Waals surface area contributed by atoms with Crippen LogP contribution in [0.25, 0.3) is 10.9 Å². The molecule has 3 N–H and O–H groups in total. The molecular weight excluding hydrogens is 430 g/mol. The Morgan fingerprint density at radius 3 is 2.66 bits per heavy atom. The van der Waals surface area contributed by atoms with Gasteiger partial charge in [-0.2, -0.15) is 13.2 Å². The number of pyridine rings is 1. The number of rotatable bonds is 6. The summed E-state index contributed by atoms with van der Waals surface area (Å²) >= 11 is 11.9. The van der Waals surface area contributed by atoms with Crippen LogP contribution in [0.3, 0.4) is 0 Å². The van der Waals surface area contributed by atoms with Gasteiger partial charge in [0.05, 0.1) is 35.6 Å². The molecule has 2 heterocycles. The van der Waals surface area contributed by atoms with Crippen molar-refractivity contribution in [1.29, 1.82) is 0 Å². The van der Waals surface area contributed by atoms with Gasteiger partial charge in [-0.05, 0) is 36.2 Å². The molecule has 1 aromatic carbocycles. The lowest BCUT2D eigenvalue weighted by Gasteiger charge is -2.23. The van der Waals surface area contributed by atoms with Crippen LogP contribution in [0.15, 0.2) is 30.5 Å². The largest absolute Gasteiger partial charge is 0.418 e. The molecule has 0 aliphatic heterocycles. The van der Waals surface area contributed by atoms with Crippen molar-refractivity contribution in [3.05, 3.63) is 52.0 Å². The molecule has 0 unspecified atom stereocenters. The van der Waals surface area contributed by atoms with Crippen molar-refractivity contribution in [3.63, 3.8) is 0 Å². The Morgan fingerprint density at radius 1 is 1.21 bits per heavy atom. The first kappa shape index (κ1) is 21.4. The Bertz CT molecular complexity index is 1030. The van der Waals surface area contributed by atoms with Gasteiger partial charge in [0.25, 0.3) is 0 Å². The maximum absolute atomic E-state index is 13.5. The summed E-state index contributed by atoms with van der Waals surface area (Å²) < 4.78 is 40.4. The first-order valence-corrected chi connectivity index (χ1v) is 9.26. The van der Waals surface area contributed by atoms with Crippen molar-refractivity contribution >= 4 is 45.6 Å². The van der Waals surface area contributed by atoms with Crippen LogP contribution in [0, 0.1) is 0 Å². The molecule has 2 aromatic heterocycles. The molecule has 3 aromatic rings. The monoisotopic (exact) mass is 445 g/mol. The molecule has 29 heavy (non-hydrogen) atoms. The number of para-hydroxylation sites is 1. The van der Waals surface area contributed by atoms with Crippen LogP contribution in [0.5, 0.6) is 0 Å². The molecule has 0 bridgehead atoms. The lowest BCUT2D eigenvalue weighted by molar-refractivity contribution is -0.137. The van der Waals surface area contributed by atoms with E-state index in [-0.39, 0.29) is 29.3 Å². The number of benzene rings is 1. The average molecular weight is 446 g/mol. The Balaban J connectivity index is 2.05. The van der Waals surface area contributed by atoms with E-state index < -0.39 is 17.8 Å². The average Bonchev–Trinajstić information content (AvgIpc) is 2.65. The molecule has 0 saturated heterocycles. The van der Waals surface area contributed by atoms with Gasteiger partial charge >= 0.3 is 6.18 Å². The number of nitrogens with zero attached hydrogens (tertiary/aromatic N) is 3. The summed E-state index contributed by atoms with van der Waals surface area (Å²) in [6, 6.07) is 4.82. The molecule has 0 radical (unpaired) electrons. The highest BCUT2D eigenvalue weighted by Gasteiger charge is 2.35. The van der Waals surface area contributed by atoms with Crippen molar-refractivity contribution in [2.45, 2.75) is 19.1 Å². The number of hydrogen-bond acceptors (Lipinski definition) is 6. The summed E-state index contributed by atoms with van der Waals surface area (Å²) in [6.45, 7) is 1.34. The van der Waals surface area contributed by atoms with Crippen LogP contribution in [0.4, 0.5) is 24.7 Å². The molecule has 0 fully saturated rings. The van der Waals surface area contributed by atoms with E-state index in [2.05, 4.69) is 25.6 Å². The van der Waals surface area contributed by atoms with E-state index in [1.807, 2.05) is 0 Å². The number of aliphatic hydroxyl groups excluding tert-OH is 1. The topological polar surface area (TPSA) is 83.0 Å². The summed E-state index contributed by atoms with van der Waals surface area (Å²) in [5.74, 6) is 0.308. The van der Waals surface area contributed by atoms with E-state index in [9.17, 15) is 13.2 Å². The smallest absolute Gasteiger partial charge is 0.395 e. The number of alkyl halides is 3. The zero-order valence-corrected chi connectivity index (χ0v) is 16.6. The van der Waals surface area contributed by atoms with Gasteiger partial charge in [-0.25, -0.2) is 15.0 Å². The maximum atomic E-state index is 13.5. The van der Waals surface area contributed by atoms with Crippen LogP contribution in [0.1, 0.15) is 24.1 Å². The molecule has 1 atom stereocenters. The van der Waals surface area contributed by atoms with Crippen molar-refractivity contribution in [1.82, 2.24) is 15.0 Å². The highest BCUT2D eigenvalue weighted by molar-refractivity contribution is 6.30. The normalized spacial score (nSPS) is 12.8. The SMILES string of the molecule is C[C@@H](Nc1nc(Cl)nc2cnc(Cl)cc12)c1cccc(C(F)(F)F)c1NCCO. The minimum Gasteiger partial charge on any atom is -0.395 e. The van der Waals surface area contributed by atoms with Gasteiger partial charge in [0.15, 0.2) is 0 Å². The number of aromatic nitrogens is 3. The van der Waals surface area contributed by atoms with Crippen molar-refractivity contribution in [2.24, 2.45) is 0 Å². The number of fused-ring (bicyclic) bond motifs is 1. The van der Waals surface area contributed by atoms with E-state index in [1.165, 1.54) is 12.3 Å². The van der Waals surface area contributed by atoms with Crippen molar-refractivity contribution < 1.29 is 18.3 Å². The van der Waals surface area contributed by atoms with Gasteiger partial charge in [0.1, 0.15) is 11.0 Å². The maximum Gasteiger partial charge on any atom is 0.418 e. The van der Waals surface area contributed by atoms with E-state index in [4.69, 9.17) is 28.3 Å². The van der Waals surface area contributed by atoms with Crippen LogP contribution >= 0.6 is 23.2 Å². The molecule has 154 valence electrons. The van der Waals surface area contributed by atoms with E-state index >= 15 is 0 Å². The molecule has 0 aliphatic carbocycles. The van der Waals surface area contributed by atoms with Gasteiger partial charge in [0, 0.05) is 11.9 Å². The standard InChI is InChI=1S/C18H16Cl2F3N5O/c1-9(10-3-2-4-12(18(21,22)23)15(10)24-5-6-29)26-16-11-7-14(19)25-8-13(11)27-17(20)28-16/h2-4,7-9,24,29H,5-6H2,1H3,(H,26,27,28)/t9-/m1/s1. The molecule has 0 saturated carbocycles. The molecule has 0 amide bonds. The van der Waals surface area contributed by atoms with Crippen LogP contribution in [-0.2, 0) is 6.18 Å². The first-order valence-electron chi connectivity index (χ1n) is 8.51. The predicted octanol–water partition coefficient (Wildman–Crippen LogP) is 4.93. The number of aliphatic hydroxyl groups is 1. The molecule has 11 heteroatoms. The highest BCUT2D eigenvalue weighted by Crippen LogP contribution is 2.39. The van der Waals surface area contributed by atoms with Crippen LogP contribution in [-0.4, -0.2) is 33.2 Å². The second-order valence-electron chi connectivity index (χ2n) is 6.15. The summed E-state index contributed by atoms with van der Waals surface area (Å²) in [6.07, 6.45) is -3.13. The summed E-state index contributed by atoms with van der Waals surface area (Å²) in [7, 11) is 0. The molecule has 6 nitrogen and oxygen atoms in total. The zero-order chi connectivity index (χ0) is 21.2. The Labute approximate surface area is 174 Å². The van der Waals surface area contributed by atoms with E-state index in [0.717, 1.165) is 6.07 Å². The highest BCUT2D eigenvalue weighted by atomic mass is 35.5. The van der Waals surface area contributed by atoms with Gasteiger partial charge in [-0.15, -0.1) is 0 Å². The Kier molecular flexibility index (Phi) is 6.30. The lowest BCUT2D eigenvalue weighted by atomic mass is 10.0. The first-order chi connectivity index (χ1) is 13.7. The second-order valence-corrected chi connectivity index (χ2v) is 6.87. The number of halogens is 5. The summed E-state index contributed by atoms with van der Waals surface area (Å²) in [5, 5.41) is 15.5. The fraction of sp³-hybridized carbons (Fsp3) is 0.278. The third kappa shape index (κ3) is 4.80. The van der Waals surface area contributed by atoms with E-state index in [0.29, 0.717) is 22.3 Å². The zero-order valence-electron chi connectivity index (χ0n) is 15.1. The summed E-state index contributed by atoms with van der Waals surface area (Å²) in [5.41, 5.74) is -0.156.